The van der Waals surface area contributed by atoms with Gasteiger partial charge >= 0.3 is 5.97 Å². The highest BCUT2D eigenvalue weighted by molar-refractivity contribution is 6.05. The van der Waals surface area contributed by atoms with Gasteiger partial charge in [0.05, 0.1) is 16.6 Å². The molecule has 0 spiro atoms. The molecular weight excluding hydrogens is 245 g/mol. The van der Waals surface area contributed by atoms with Crippen molar-refractivity contribution in [2.75, 3.05) is 0 Å². The molecule has 0 saturated carbocycles. The number of fused-ring (bicyclic) bond motifs is 2. The van der Waals surface area contributed by atoms with Gasteiger partial charge in [-0.25, -0.2) is 14.2 Å². The first-order valence-corrected chi connectivity index (χ1v) is 5.81. The Kier molecular flexibility index (Phi) is 2.63. The van der Waals surface area contributed by atoms with Crippen LogP contribution in [0.4, 0.5) is 4.39 Å². The Labute approximate surface area is 108 Å². The maximum atomic E-state index is 13.0. The molecule has 0 aliphatic carbocycles. The topological polar surface area (TPSA) is 50.2 Å². The van der Waals surface area contributed by atoms with Gasteiger partial charge in [0.15, 0.2) is 0 Å². The van der Waals surface area contributed by atoms with Crippen LogP contribution in [0.5, 0.6) is 0 Å². The van der Waals surface area contributed by atoms with E-state index in [-0.39, 0.29) is 5.56 Å². The van der Waals surface area contributed by atoms with Gasteiger partial charge < -0.3 is 5.11 Å². The Balaban J connectivity index is 2.49. The summed E-state index contributed by atoms with van der Waals surface area (Å²) in [6.45, 7) is -0.642. The predicted octanol–water partition coefficient (Wildman–Crippen LogP) is 3.56. The van der Waals surface area contributed by atoms with Crippen molar-refractivity contribution >= 4 is 27.8 Å². The number of carboxylic acids is 1. The van der Waals surface area contributed by atoms with Gasteiger partial charge in [-0.15, -0.1) is 0 Å². The van der Waals surface area contributed by atoms with Gasteiger partial charge in [-0.3, -0.25) is 0 Å². The minimum absolute atomic E-state index is 0.0953. The van der Waals surface area contributed by atoms with E-state index in [4.69, 9.17) is 0 Å². The van der Waals surface area contributed by atoms with Crippen molar-refractivity contribution in [3.63, 3.8) is 0 Å². The molecule has 1 N–H and O–H groups in total. The molecule has 0 unspecified atom stereocenters. The molecule has 3 nitrogen and oxygen atoms in total. The molecule has 94 valence electrons. The van der Waals surface area contributed by atoms with E-state index in [1.54, 1.807) is 6.07 Å². The molecule has 0 saturated heterocycles. The van der Waals surface area contributed by atoms with Crippen LogP contribution in [0.1, 0.15) is 15.9 Å². The monoisotopic (exact) mass is 255 g/mol. The van der Waals surface area contributed by atoms with Crippen LogP contribution in [0.3, 0.4) is 0 Å². The van der Waals surface area contributed by atoms with Gasteiger partial charge in [0, 0.05) is 10.8 Å². The van der Waals surface area contributed by atoms with Crippen LogP contribution >= 0.6 is 0 Å². The molecule has 4 heteroatoms. The lowest BCUT2D eigenvalue weighted by molar-refractivity contribution is 0.0699. The first kappa shape index (κ1) is 11.6. The summed E-state index contributed by atoms with van der Waals surface area (Å²) in [6.07, 6.45) is 0. The van der Waals surface area contributed by atoms with Gasteiger partial charge in [0.1, 0.15) is 6.67 Å². The summed E-state index contributed by atoms with van der Waals surface area (Å²) in [5, 5.41) is 10.6. The Hall–Kier alpha value is -2.49. The summed E-state index contributed by atoms with van der Waals surface area (Å²) in [5.41, 5.74) is 1.59. The van der Waals surface area contributed by atoms with Crippen LogP contribution in [0, 0.1) is 0 Å². The minimum Gasteiger partial charge on any atom is -0.478 e. The lowest BCUT2D eigenvalue weighted by Gasteiger charge is -2.07. The van der Waals surface area contributed by atoms with Crippen molar-refractivity contribution in [1.82, 2.24) is 4.98 Å². The normalized spacial score (nSPS) is 11.0. The van der Waals surface area contributed by atoms with Crippen molar-refractivity contribution in [3.05, 3.63) is 53.6 Å². The van der Waals surface area contributed by atoms with E-state index in [1.807, 2.05) is 24.3 Å². The van der Waals surface area contributed by atoms with E-state index in [0.717, 1.165) is 5.39 Å². The molecule has 1 heterocycles. The van der Waals surface area contributed by atoms with Crippen LogP contribution in [-0.4, -0.2) is 16.1 Å². The molecule has 3 aromatic rings. The predicted molar refractivity (Wildman–Crippen MR) is 71.0 cm³/mol. The highest BCUT2D eigenvalue weighted by Gasteiger charge is 2.13. The third-order valence-electron chi connectivity index (χ3n) is 3.15. The number of hydrogen-bond acceptors (Lipinski definition) is 2. The number of para-hydroxylation sites is 1. The smallest absolute Gasteiger partial charge is 0.337 e. The molecule has 19 heavy (non-hydrogen) atoms. The summed E-state index contributed by atoms with van der Waals surface area (Å²) in [4.78, 5) is 15.6. The second kappa shape index (κ2) is 4.31. The SMILES string of the molecule is O=C(O)c1ccc(CF)c2cc3ccccc3nc12. The fourth-order valence-corrected chi connectivity index (χ4v) is 2.21. The van der Waals surface area contributed by atoms with Crippen molar-refractivity contribution in [1.29, 1.82) is 0 Å². The number of hydrogen-bond donors (Lipinski definition) is 1. The maximum Gasteiger partial charge on any atom is 0.337 e. The summed E-state index contributed by atoms with van der Waals surface area (Å²) < 4.78 is 13.0. The average Bonchev–Trinajstić information content (AvgIpc) is 2.43. The van der Waals surface area contributed by atoms with E-state index in [1.165, 1.54) is 12.1 Å². The Bertz CT molecular complexity index is 799. The molecular formula is C15H10FNO2. The van der Waals surface area contributed by atoms with Crippen LogP contribution in [0.25, 0.3) is 21.8 Å². The minimum atomic E-state index is -1.06. The number of aromatic carboxylic acids is 1. The summed E-state index contributed by atoms with van der Waals surface area (Å²) in [7, 11) is 0. The number of rotatable bonds is 2. The number of benzene rings is 2. The van der Waals surface area contributed by atoms with E-state index in [9.17, 15) is 14.3 Å². The summed E-state index contributed by atoms with van der Waals surface area (Å²) >= 11 is 0. The Morgan fingerprint density at radius 2 is 2.00 bits per heavy atom. The van der Waals surface area contributed by atoms with Gasteiger partial charge in [-0.1, -0.05) is 24.3 Å². The largest absolute Gasteiger partial charge is 0.478 e. The lowest BCUT2D eigenvalue weighted by atomic mass is 10.0. The zero-order chi connectivity index (χ0) is 13.4. The van der Waals surface area contributed by atoms with Crippen LogP contribution in [0.15, 0.2) is 42.5 Å². The third-order valence-corrected chi connectivity index (χ3v) is 3.15. The number of nitrogens with zero attached hydrogens (tertiary/aromatic N) is 1. The van der Waals surface area contributed by atoms with E-state index < -0.39 is 12.6 Å². The average molecular weight is 255 g/mol. The molecule has 0 amide bonds. The van der Waals surface area contributed by atoms with Crippen LogP contribution < -0.4 is 0 Å². The Morgan fingerprint density at radius 1 is 1.21 bits per heavy atom. The summed E-state index contributed by atoms with van der Waals surface area (Å²) in [5.74, 6) is -1.06. The van der Waals surface area contributed by atoms with Crippen LogP contribution in [0.2, 0.25) is 0 Å². The molecule has 3 rings (SSSR count). The lowest BCUT2D eigenvalue weighted by Crippen LogP contribution is -2.00. The number of carboxylic acid groups (broad SMARTS) is 1. The van der Waals surface area contributed by atoms with Crippen molar-refractivity contribution < 1.29 is 14.3 Å². The van der Waals surface area contributed by atoms with Crippen LogP contribution in [-0.2, 0) is 6.67 Å². The van der Waals surface area contributed by atoms with Gasteiger partial charge in [0.25, 0.3) is 0 Å². The Morgan fingerprint density at radius 3 is 2.74 bits per heavy atom. The molecule has 2 aromatic carbocycles. The first-order chi connectivity index (χ1) is 9.20. The van der Waals surface area contributed by atoms with E-state index in [0.29, 0.717) is 22.0 Å². The third kappa shape index (κ3) is 1.81. The number of alkyl halides is 1. The molecule has 0 atom stereocenters. The number of pyridine rings is 1. The van der Waals surface area contributed by atoms with Crippen molar-refractivity contribution in [2.45, 2.75) is 6.67 Å². The highest BCUT2D eigenvalue weighted by Crippen LogP contribution is 2.26. The maximum absolute atomic E-state index is 13.0. The van der Waals surface area contributed by atoms with Gasteiger partial charge in [-0.05, 0) is 23.8 Å². The van der Waals surface area contributed by atoms with Crippen molar-refractivity contribution in [3.8, 4) is 0 Å². The van der Waals surface area contributed by atoms with E-state index in [2.05, 4.69) is 4.98 Å². The second-order valence-corrected chi connectivity index (χ2v) is 4.29. The van der Waals surface area contributed by atoms with Gasteiger partial charge in [0.2, 0.25) is 0 Å². The fraction of sp³-hybridized carbons (Fsp3) is 0.0667. The fourth-order valence-electron chi connectivity index (χ4n) is 2.21. The van der Waals surface area contributed by atoms with Gasteiger partial charge in [-0.2, -0.15) is 0 Å². The van der Waals surface area contributed by atoms with Crippen molar-refractivity contribution in [2.24, 2.45) is 0 Å². The molecule has 0 aliphatic heterocycles. The number of carbonyl (C=O) groups is 1. The second-order valence-electron chi connectivity index (χ2n) is 4.29. The molecule has 0 aliphatic rings. The zero-order valence-corrected chi connectivity index (χ0v) is 9.93. The quantitative estimate of drug-likeness (QED) is 0.712. The van der Waals surface area contributed by atoms with E-state index >= 15 is 0 Å². The summed E-state index contributed by atoms with van der Waals surface area (Å²) in [6, 6.07) is 12.1. The molecule has 1 aromatic heterocycles. The number of aromatic nitrogens is 1. The molecule has 0 fully saturated rings. The standard InChI is InChI=1S/C15H10FNO2/c16-8-10-5-6-11(15(18)19)14-12(10)7-9-3-1-2-4-13(9)17-14/h1-7H,8H2,(H,18,19). The molecule has 0 radical (unpaired) electrons. The highest BCUT2D eigenvalue weighted by atomic mass is 19.1. The first-order valence-electron chi connectivity index (χ1n) is 5.81. The molecule has 0 bridgehead atoms. The number of halogens is 1. The zero-order valence-electron chi connectivity index (χ0n) is 9.93.